The fourth-order valence-electron chi connectivity index (χ4n) is 1.87. The second-order valence-electron chi connectivity index (χ2n) is 3.92. The molecule has 0 aromatic heterocycles. The molecule has 2 rings (SSSR count). The Morgan fingerprint density at radius 2 is 2.27 bits per heavy atom. The van der Waals surface area contributed by atoms with Crippen molar-refractivity contribution < 1.29 is 4.79 Å². The third-order valence-corrected chi connectivity index (χ3v) is 2.66. The molecule has 0 aliphatic carbocycles. The molecule has 15 heavy (non-hydrogen) atoms. The van der Waals surface area contributed by atoms with Gasteiger partial charge < -0.3 is 16.4 Å². The van der Waals surface area contributed by atoms with Gasteiger partial charge in [0.15, 0.2) is 0 Å². The minimum Gasteiger partial charge on any atom is -0.399 e. The fraction of sp³-hybridized carbons (Fsp3) is 0.364. The maximum Gasteiger partial charge on any atom is 0.243 e. The first-order valence-electron chi connectivity index (χ1n) is 5.05. The predicted octanol–water partition coefficient (Wildman–Crippen LogP) is 0.505. The van der Waals surface area contributed by atoms with Gasteiger partial charge in [-0.15, -0.1) is 0 Å². The standard InChI is InChI=1S/C11H15N3O/c1-7(12)11(15)14-5-4-8-2-3-9(13)6-10(8)14/h2-3,6-7H,4-5,12-13H2,1H3/t7-/m0/s1. The number of amides is 1. The molecule has 0 saturated heterocycles. The number of carbonyl (C=O) groups excluding carboxylic acids is 1. The molecular formula is C11H15N3O. The lowest BCUT2D eigenvalue weighted by Gasteiger charge is -2.19. The molecule has 1 aromatic carbocycles. The van der Waals surface area contributed by atoms with Crippen molar-refractivity contribution in [3.8, 4) is 0 Å². The summed E-state index contributed by atoms with van der Waals surface area (Å²) in [6.45, 7) is 2.41. The van der Waals surface area contributed by atoms with E-state index in [1.165, 1.54) is 5.56 Å². The number of nitrogen functional groups attached to an aromatic ring is 1. The second-order valence-corrected chi connectivity index (χ2v) is 3.92. The molecule has 1 aliphatic heterocycles. The van der Waals surface area contributed by atoms with Crippen LogP contribution in [0.15, 0.2) is 18.2 Å². The van der Waals surface area contributed by atoms with Crippen molar-refractivity contribution in [2.45, 2.75) is 19.4 Å². The summed E-state index contributed by atoms with van der Waals surface area (Å²) in [5.74, 6) is -0.0423. The molecule has 0 radical (unpaired) electrons. The van der Waals surface area contributed by atoms with E-state index in [0.29, 0.717) is 12.2 Å². The Balaban J connectivity index is 2.35. The van der Waals surface area contributed by atoms with E-state index in [-0.39, 0.29) is 5.91 Å². The molecule has 4 heteroatoms. The maximum absolute atomic E-state index is 11.8. The number of fused-ring (bicyclic) bond motifs is 1. The van der Waals surface area contributed by atoms with E-state index in [9.17, 15) is 4.79 Å². The van der Waals surface area contributed by atoms with Gasteiger partial charge in [-0.1, -0.05) is 6.07 Å². The van der Waals surface area contributed by atoms with Gasteiger partial charge >= 0.3 is 0 Å². The minimum atomic E-state index is -0.461. The summed E-state index contributed by atoms with van der Waals surface area (Å²) in [6.07, 6.45) is 0.883. The van der Waals surface area contributed by atoms with Crippen LogP contribution in [0.25, 0.3) is 0 Å². The Kier molecular flexibility index (Phi) is 2.36. The van der Waals surface area contributed by atoms with Gasteiger partial charge in [-0.2, -0.15) is 0 Å². The van der Waals surface area contributed by atoms with Crippen LogP contribution in [0.2, 0.25) is 0 Å². The third-order valence-electron chi connectivity index (χ3n) is 2.66. The summed E-state index contributed by atoms with van der Waals surface area (Å²) in [5.41, 5.74) is 14.0. The van der Waals surface area contributed by atoms with Crippen LogP contribution in [0.1, 0.15) is 12.5 Å². The van der Waals surface area contributed by atoms with Crippen LogP contribution in [0.3, 0.4) is 0 Å². The quantitative estimate of drug-likeness (QED) is 0.656. The van der Waals surface area contributed by atoms with Gasteiger partial charge in [0, 0.05) is 17.9 Å². The van der Waals surface area contributed by atoms with Gasteiger partial charge in [0.25, 0.3) is 0 Å². The van der Waals surface area contributed by atoms with Gasteiger partial charge in [-0.25, -0.2) is 0 Å². The molecule has 0 unspecified atom stereocenters. The zero-order valence-electron chi connectivity index (χ0n) is 8.73. The van der Waals surface area contributed by atoms with Crippen LogP contribution in [0, 0.1) is 0 Å². The molecule has 0 saturated carbocycles. The van der Waals surface area contributed by atoms with E-state index in [4.69, 9.17) is 11.5 Å². The Hall–Kier alpha value is -1.55. The highest BCUT2D eigenvalue weighted by Gasteiger charge is 2.26. The Labute approximate surface area is 88.9 Å². The van der Waals surface area contributed by atoms with Crippen LogP contribution in [-0.2, 0) is 11.2 Å². The molecule has 1 aliphatic rings. The molecule has 4 N–H and O–H groups in total. The molecule has 4 nitrogen and oxygen atoms in total. The summed E-state index contributed by atoms with van der Waals surface area (Å²) in [6, 6.07) is 5.21. The third kappa shape index (κ3) is 1.68. The zero-order valence-corrected chi connectivity index (χ0v) is 8.73. The highest BCUT2D eigenvalue weighted by molar-refractivity contribution is 5.99. The van der Waals surface area contributed by atoms with E-state index < -0.39 is 6.04 Å². The Bertz CT molecular complexity index is 401. The summed E-state index contributed by atoms with van der Waals surface area (Å²) in [5, 5.41) is 0. The molecule has 1 atom stereocenters. The predicted molar refractivity (Wildman–Crippen MR) is 60.6 cm³/mol. The first kappa shape index (κ1) is 9.98. The number of nitrogens with two attached hydrogens (primary N) is 2. The van der Waals surface area contributed by atoms with Crippen molar-refractivity contribution in [3.05, 3.63) is 23.8 Å². The lowest BCUT2D eigenvalue weighted by molar-refractivity contribution is -0.119. The van der Waals surface area contributed by atoms with Gasteiger partial charge in [-0.05, 0) is 31.0 Å². The van der Waals surface area contributed by atoms with Crippen molar-refractivity contribution >= 4 is 17.3 Å². The monoisotopic (exact) mass is 205 g/mol. The normalized spacial score (nSPS) is 16.3. The lowest BCUT2D eigenvalue weighted by Crippen LogP contribution is -2.41. The first-order valence-corrected chi connectivity index (χ1v) is 5.05. The highest BCUT2D eigenvalue weighted by atomic mass is 16.2. The number of anilines is 2. The van der Waals surface area contributed by atoms with E-state index in [1.807, 2.05) is 18.2 Å². The average molecular weight is 205 g/mol. The Morgan fingerprint density at radius 3 is 2.93 bits per heavy atom. The van der Waals surface area contributed by atoms with E-state index in [1.54, 1.807) is 11.8 Å². The largest absolute Gasteiger partial charge is 0.399 e. The van der Waals surface area contributed by atoms with Gasteiger partial charge in [0.1, 0.15) is 0 Å². The van der Waals surface area contributed by atoms with Crippen molar-refractivity contribution in [2.75, 3.05) is 17.2 Å². The van der Waals surface area contributed by atoms with Crippen molar-refractivity contribution in [1.29, 1.82) is 0 Å². The number of carbonyl (C=O) groups is 1. The number of nitrogens with zero attached hydrogens (tertiary/aromatic N) is 1. The van der Waals surface area contributed by atoms with Gasteiger partial charge in [0.05, 0.1) is 6.04 Å². The summed E-state index contributed by atoms with van der Waals surface area (Å²) in [4.78, 5) is 13.5. The summed E-state index contributed by atoms with van der Waals surface area (Å²) >= 11 is 0. The van der Waals surface area contributed by atoms with Crippen LogP contribution >= 0.6 is 0 Å². The van der Waals surface area contributed by atoms with Crippen molar-refractivity contribution in [3.63, 3.8) is 0 Å². The molecular weight excluding hydrogens is 190 g/mol. The number of rotatable bonds is 1. The minimum absolute atomic E-state index is 0.0423. The lowest BCUT2D eigenvalue weighted by atomic mass is 10.1. The zero-order chi connectivity index (χ0) is 11.0. The highest BCUT2D eigenvalue weighted by Crippen LogP contribution is 2.30. The maximum atomic E-state index is 11.8. The molecule has 0 spiro atoms. The second kappa shape index (κ2) is 3.55. The SMILES string of the molecule is C[C@H](N)C(=O)N1CCc2ccc(N)cc21. The first-order chi connectivity index (χ1) is 7.09. The number of hydrogen-bond acceptors (Lipinski definition) is 3. The van der Waals surface area contributed by atoms with Gasteiger partial charge in [-0.3, -0.25) is 4.79 Å². The summed E-state index contributed by atoms with van der Waals surface area (Å²) in [7, 11) is 0. The molecule has 80 valence electrons. The fourth-order valence-corrected chi connectivity index (χ4v) is 1.87. The van der Waals surface area contributed by atoms with Gasteiger partial charge in [0.2, 0.25) is 5.91 Å². The van der Waals surface area contributed by atoms with Crippen LogP contribution in [0.5, 0.6) is 0 Å². The smallest absolute Gasteiger partial charge is 0.243 e. The molecule has 0 fully saturated rings. The van der Waals surface area contributed by atoms with E-state index in [2.05, 4.69) is 0 Å². The number of hydrogen-bond donors (Lipinski definition) is 2. The molecule has 1 amide bonds. The molecule has 1 heterocycles. The average Bonchev–Trinajstić information content (AvgIpc) is 2.59. The molecule has 1 aromatic rings. The van der Waals surface area contributed by atoms with Crippen molar-refractivity contribution in [1.82, 2.24) is 0 Å². The topological polar surface area (TPSA) is 72.4 Å². The summed E-state index contributed by atoms with van der Waals surface area (Å²) < 4.78 is 0. The van der Waals surface area contributed by atoms with E-state index >= 15 is 0 Å². The van der Waals surface area contributed by atoms with Crippen LogP contribution < -0.4 is 16.4 Å². The van der Waals surface area contributed by atoms with Crippen LogP contribution in [0.4, 0.5) is 11.4 Å². The molecule has 0 bridgehead atoms. The van der Waals surface area contributed by atoms with E-state index in [0.717, 1.165) is 12.1 Å². The van der Waals surface area contributed by atoms with Crippen molar-refractivity contribution in [2.24, 2.45) is 5.73 Å². The van der Waals surface area contributed by atoms with Crippen LogP contribution in [-0.4, -0.2) is 18.5 Å². The Morgan fingerprint density at radius 1 is 1.53 bits per heavy atom. The number of benzene rings is 1.